The lowest BCUT2D eigenvalue weighted by Crippen LogP contribution is -2.27. The van der Waals surface area contributed by atoms with Gasteiger partial charge in [0.25, 0.3) is 5.91 Å². The largest absolute Gasteiger partial charge is 0.493 e. The molecule has 1 heterocycles. The molecular formula is C19H13BrClNO5S2. The van der Waals surface area contributed by atoms with Gasteiger partial charge in [-0.1, -0.05) is 35.6 Å². The molecule has 0 radical (unpaired) electrons. The van der Waals surface area contributed by atoms with Gasteiger partial charge in [-0.25, -0.2) is 4.79 Å². The number of carbonyl (C=O) groups is 2. The van der Waals surface area contributed by atoms with Crippen LogP contribution in [0.2, 0.25) is 5.02 Å². The summed E-state index contributed by atoms with van der Waals surface area (Å²) in [6.45, 7) is -0.506. The monoisotopic (exact) mass is 513 g/mol. The van der Waals surface area contributed by atoms with E-state index in [1.165, 1.54) is 23.8 Å². The molecule has 2 aromatic rings. The molecule has 0 unspecified atom stereocenters. The molecule has 150 valence electrons. The number of aliphatic carboxylic acids is 1. The molecule has 0 atom stereocenters. The molecule has 1 aliphatic rings. The summed E-state index contributed by atoms with van der Waals surface area (Å²) in [6.07, 6.45) is 1.68. The number of rotatable bonds is 6. The second-order valence-corrected chi connectivity index (χ2v) is 8.68. The standard InChI is InChI=1S/C19H13BrClNO5S2/c1-26-14-7-10(6-13(20)17(14)27-9-16(23)24)8-15-18(25)22(19(28)29-15)12-4-2-11(21)3-5-12/h2-8H,9H2,1H3,(H,23,24)/b15-8+. The summed E-state index contributed by atoms with van der Waals surface area (Å²) < 4.78 is 11.5. The fourth-order valence-electron chi connectivity index (χ4n) is 2.53. The zero-order valence-electron chi connectivity index (χ0n) is 14.8. The third-order valence-electron chi connectivity index (χ3n) is 3.77. The number of hydrogen-bond donors (Lipinski definition) is 1. The second kappa shape index (κ2) is 9.17. The van der Waals surface area contributed by atoms with Crippen molar-refractivity contribution in [3.8, 4) is 11.5 Å². The van der Waals surface area contributed by atoms with Crippen LogP contribution >= 0.6 is 51.5 Å². The average molecular weight is 515 g/mol. The summed E-state index contributed by atoms with van der Waals surface area (Å²) in [7, 11) is 1.44. The number of carboxylic acids is 1. The van der Waals surface area contributed by atoms with Crippen LogP contribution in [0.25, 0.3) is 6.08 Å². The lowest BCUT2D eigenvalue weighted by Gasteiger charge is -2.14. The Bertz CT molecular complexity index is 1030. The van der Waals surface area contributed by atoms with Gasteiger partial charge >= 0.3 is 5.97 Å². The smallest absolute Gasteiger partial charge is 0.341 e. The number of thiocarbonyl (C=S) groups is 1. The predicted octanol–water partition coefficient (Wildman–Crippen LogP) is 4.98. The number of hydrogen-bond acceptors (Lipinski definition) is 6. The van der Waals surface area contributed by atoms with Crippen LogP contribution < -0.4 is 14.4 Å². The molecule has 3 rings (SSSR count). The zero-order valence-corrected chi connectivity index (χ0v) is 18.8. The Morgan fingerprint density at radius 1 is 1.34 bits per heavy atom. The normalized spacial score (nSPS) is 15.1. The average Bonchev–Trinajstić information content (AvgIpc) is 2.94. The van der Waals surface area contributed by atoms with Gasteiger partial charge in [0.05, 0.1) is 22.2 Å². The third-order valence-corrected chi connectivity index (χ3v) is 5.91. The van der Waals surface area contributed by atoms with Crippen molar-refractivity contribution >= 4 is 79.5 Å². The lowest BCUT2D eigenvalue weighted by molar-refractivity contribution is -0.139. The number of amides is 1. The van der Waals surface area contributed by atoms with Crippen molar-refractivity contribution in [2.24, 2.45) is 0 Å². The van der Waals surface area contributed by atoms with Crippen LogP contribution in [-0.2, 0) is 9.59 Å². The summed E-state index contributed by atoms with van der Waals surface area (Å²) in [5.74, 6) is -0.752. The van der Waals surface area contributed by atoms with E-state index in [1.54, 1.807) is 42.5 Å². The summed E-state index contributed by atoms with van der Waals surface area (Å²) in [5.41, 5.74) is 1.30. The number of nitrogens with zero attached hydrogens (tertiary/aromatic N) is 1. The highest BCUT2D eigenvalue weighted by molar-refractivity contribution is 9.10. The molecule has 0 saturated carbocycles. The minimum Gasteiger partial charge on any atom is -0.493 e. The van der Waals surface area contributed by atoms with Crippen LogP contribution in [0.5, 0.6) is 11.5 Å². The molecule has 0 aromatic heterocycles. The fourth-order valence-corrected chi connectivity index (χ4v) is 4.53. The highest BCUT2D eigenvalue weighted by Gasteiger charge is 2.33. The van der Waals surface area contributed by atoms with Gasteiger partial charge in [-0.05, 0) is 64.0 Å². The Morgan fingerprint density at radius 3 is 2.66 bits per heavy atom. The third kappa shape index (κ3) is 4.92. The number of methoxy groups -OCH3 is 1. The van der Waals surface area contributed by atoms with Crippen molar-refractivity contribution in [1.29, 1.82) is 0 Å². The number of ether oxygens (including phenoxy) is 2. The molecule has 1 N–H and O–H groups in total. The van der Waals surface area contributed by atoms with E-state index in [0.29, 0.717) is 35.7 Å². The molecule has 0 spiro atoms. The molecular weight excluding hydrogens is 502 g/mol. The van der Waals surface area contributed by atoms with E-state index in [9.17, 15) is 9.59 Å². The summed E-state index contributed by atoms with van der Waals surface area (Å²) in [4.78, 5) is 25.5. The number of halogens is 2. The number of thioether (sulfide) groups is 1. The highest BCUT2D eigenvalue weighted by atomic mass is 79.9. The predicted molar refractivity (Wildman–Crippen MR) is 121 cm³/mol. The molecule has 6 nitrogen and oxygen atoms in total. The Hall–Kier alpha value is -2.07. The fraction of sp³-hybridized carbons (Fsp3) is 0.105. The first kappa shape index (κ1) is 21.6. The maximum atomic E-state index is 12.9. The van der Waals surface area contributed by atoms with Crippen LogP contribution in [0.15, 0.2) is 45.8 Å². The van der Waals surface area contributed by atoms with E-state index in [-0.39, 0.29) is 11.7 Å². The van der Waals surface area contributed by atoms with Gasteiger partial charge < -0.3 is 14.6 Å². The van der Waals surface area contributed by atoms with Crippen molar-refractivity contribution < 1.29 is 24.2 Å². The molecule has 29 heavy (non-hydrogen) atoms. The van der Waals surface area contributed by atoms with Crippen molar-refractivity contribution in [3.63, 3.8) is 0 Å². The quantitative estimate of drug-likeness (QED) is 0.430. The minimum atomic E-state index is -1.10. The van der Waals surface area contributed by atoms with E-state index in [4.69, 9.17) is 38.4 Å². The van der Waals surface area contributed by atoms with Crippen molar-refractivity contribution in [2.45, 2.75) is 0 Å². The number of benzene rings is 2. The zero-order chi connectivity index (χ0) is 21.1. The van der Waals surface area contributed by atoms with Gasteiger partial charge in [0.1, 0.15) is 0 Å². The van der Waals surface area contributed by atoms with Gasteiger partial charge in [0, 0.05) is 5.02 Å². The highest BCUT2D eigenvalue weighted by Crippen LogP contribution is 2.40. The van der Waals surface area contributed by atoms with Gasteiger partial charge in [0.2, 0.25) is 0 Å². The van der Waals surface area contributed by atoms with E-state index in [1.807, 2.05) is 0 Å². The molecule has 0 aliphatic carbocycles. The maximum Gasteiger partial charge on any atom is 0.341 e. The number of carboxylic acid groups (broad SMARTS) is 1. The molecule has 1 fully saturated rings. The Balaban J connectivity index is 1.90. The number of anilines is 1. The summed E-state index contributed by atoms with van der Waals surface area (Å²) in [5, 5.41) is 9.37. The van der Waals surface area contributed by atoms with Crippen LogP contribution in [0.4, 0.5) is 5.69 Å². The van der Waals surface area contributed by atoms with Gasteiger partial charge in [-0.3, -0.25) is 9.69 Å². The topological polar surface area (TPSA) is 76.1 Å². The Morgan fingerprint density at radius 2 is 2.03 bits per heavy atom. The summed E-state index contributed by atoms with van der Waals surface area (Å²) in [6, 6.07) is 10.2. The van der Waals surface area contributed by atoms with Gasteiger partial charge in [0.15, 0.2) is 22.4 Å². The Labute approximate surface area is 189 Å². The van der Waals surface area contributed by atoms with E-state index in [0.717, 1.165) is 0 Å². The minimum absolute atomic E-state index is 0.247. The van der Waals surface area contributed by atoms with Crippen LogP contribution in [0.1, 0.15) is 5.56 Å². The molecule has 1 aliphatic heterocycles. The van der Waals surface area contributed by atoms with Crippen molar-refractivity contribution in [2.75, 3.05) is 18.6 Å². The first-order chi connectivity index (χ1) is 13.8. The van der Waals surface area contributed by atoms with Crippen LogP contribution in [0.3, 0.4) is 0 Å². The maximum absolute atomic E-state index is 12.9. The Kier molecular flexibility index (Phi) is 6.84. The van der Waals surface area contributed by atoms with E-state index < -0.39 is 12.6 Å². The van der Waals surface area contributed by atoms with Gasteiger partial charge in [-0.2, -0.15) is 0 Å². The number of carbonyl (C=O) groups excluding carboxylic acids is 1. The lowest BCUT2D eigenvalue weighted by atomic mass is 10.1. The summed E-state index contributed by atoms with van der Waals surface area (Å²) >= 11 is 15.8. The van der Waals surface area contributed by atoms with Gasteiger partial charge in [-0.15, -0.1) is 0 Å². The van der Waals surface area contributed by atoms with Crippen molar-refractivity contribution in [3.05, 3.63) is 56.4 Å². The van der Waals surface area contributed by atoms with Crippen molar-refractivity contribution in [1.82, 2.24) is 0 Å². The molecule has 1 amide bonds. The molecule has 0 bridgehead atoms. The SMILES string of the molecule is COc1cc(/C=C2/SC(=S)N(c3ccc(Cl)cc3)C2=O)cc(Br)c1OCC(=O)O. The van der Waals surface area contributed by atoms with Crippen LogP contribution in [0, 0.1) is 0 Å². The first-order valence-corrected chi connectivity index (χ1v) is 10.5. The van der Waals surface area contributed by atoms with E-state index in [2.05, 4.69) is 15.9 Å². The molecule has 10 heteroatoms. The van der Waals surface area contributed by atoms with Crippen LogP contribution in [-0.4, -0.2) is 35.0 Å². The second-order valence-electron chi connectivity index (χ2n) is 5.71. The van der Waals surface area contributed by atoms with E-state index >= 15 is 0 Å². The first-order valence-electron chi connectivity index (χ1n) is 8.06. The molecule has 1 saturated heterocycles. The molecule has 2 aromatic carbocycles.